The maximum Gasteiger partial charge on any atom is 0.187 e. The summed E-state index contributed by atoms with van der Waals surface area (Å²) in [7, 11) is 0. The van der Waals surface area contributed by atoms with Crippen LogP contribution in [0.1, 0.15) is 6.92 Å². The second kappa shape index (κ2) is 7.66. The molecule has 0 aromatic rings. The molecule has 0 bridgehead atoms. The van der Waals surface area contributed by atoms with Gasteiger partial charge in [0, 0.05) is 0 Å². The molecule has 0 amide bonds. The van der Waals surface area contributed by atoms with Crippen LogP contribution in [0.15, 0.2) is 0 Å². The normalized spacial score (nSPS) is 51.7. The van der Waals surface area contributed by atoms with Crippen molar-refractivity contribution in [1.82, 2.24) is 0 Å². The van der Waals surface area contributed by atoms with Crippen molar-refractivity contribution in [2.75, 3.05) is 13.2 Å². The third-order valence-electron chi connectivity index (χ3n) is 4.24. The summed E-state index contributed by atoms with van der Waals surface area (Å²) < 4.78 is 15.9. The molecule has 10 atom stereocenters. The first-order chi connectivity index (χ1) is 10.8. The first-order valence-corrected chi connectivity index (χ1v) is 7.40. The van der Waals surface area contributed by atoms with E-state index in [1.54, 1.807) is 0 Å². The number of rotatable bonds is 4. The molecule has 0 radical (unpaired) electrons. The molecule has 0 saturated carbocycles. The topological polar surface area (TPSA) is 169 Å². The van der Waals surface area contributed by atoms with E-state index in [-0.39, 0.29) is 0 Å². The summed E-state index contributed by atoms with van der Waals surface area (Å²) >= 11 is 0. The lowest BCUT2D eigenvalue weighted by Gasteiger charge is -2.45. The standard InChI is InChI=1S/C13H24O10/c1-4-7(16)10(19)12(6(3-15)21-4)23-13-11(20)9(18)8(17)5(2-14)22-13/h4-20H,2-3H2,1H3/t4?,5?,6?,7-,8-,9+,10?,11?,12-,13-/m1/s1. The predicted molar refractivity (Wildman–Crippen MR) is 72.1 cm³/mol. The van der Waals surface area contributed by atoms with E-state index in [2.05, 4.69) is 0 Å². The Labute approximate surface area is 132 Å². The van der Waals surface area contributed by atoms with Crippen LogP contribution >= 0.6 is 0 Å². The number of ether oxygens (including phenoxy) is 3. The Morgan fingerprint density at radius 2 is 1.35 bits per heavy atom. The van der Waals surface area contributed by atoms with Crippen molar-refractivity contribution in [2.45, 2.75) is 68.1 Å². The zero-order valence-electron chi connectivity index (χ0n) is 12.5. The molecule has 0 aromatic heterocycles. The predicted octanol–water partition coefficient (Wildman–Crippen LogP) is -4.33. The van der Waals surface area contributed by atoms with E-state index in [0.29, 0.717) is 0 Å². The van der Waals surface area contributed by atoms with Gasteiger partial charge in [0.25, 0.3) is 0 Å². The SMILES string of the molecule is CC1OC(CO)[C@@H](O[C@H]2OC(CO)[C@@H](O)[C@H](O)C2O)C(O)[C@@H]1O. The molecule has 2 aliphatic heterocycles. The summed E-state index contributed by atoms with van der Waals surface area (Å²) in [5.41, 5.74) is 0. The van der Waals surface area contributed by atoms with Gasteiger partial charge in [0.05, 0.1) is 19.3 Å². The maximum absolute atomic E-state index is 10.1. The lowest BCUT2D eigenvalue weighted by Crippen LogP contribution is -2.64. The lowest BCUT2D eigenvalue weighted by atomic mass is 9.95. The van der Waals surface area contributed by atoms with Gasteiger partial charge in [-0.3, -0.25) is 0 Å². The van der Waals surface area contributed by atoms with Crippen LogP contribution in [0.4, 0.5) is 0 Å². The van der Waals surface area contributed by atoms with E-state index in [1.807, 2.05) is 0 Å². The first-order valence-electron chi connectivity index (χ1n) is 7.40. The molecule has 23 heavy (non-hydrogen) atoms. The van der Waals surface area contributed by atoms with Crippen molar-refractivity contribution in [2.24, 2.45) is 0 Å². The molecule has 7 N–H and O–H groups in total. The van der Waals surface area contributed by atoms with E-state index in [9.17, 15) is 30.6 Å². The maximum atomic E-state index is 10.1. The number of aliphatic hydroxyl groups excluding tert-OH is 7. The Kier molecular flexibility index (Phi) is 6.30. The molecule has 2 saturated heterocycles. The Morgan fingerprint density at radius 1 is 0.739 bits per heavy atom. The van der Waals surface area contributed by atoms with E-state index in [4.69, 9.17) is 19.3 Å². The van der Waals surface area contributed by atoms with Gasteiger partial charge < -0.3 is 50.0 Å². The van der Waals surface area contributed by atoms with Gasteiger partial charge in [-0.25, -0.2) is 0 Å². The fourth-order valence-corrected chi connectivity index (χ4v) is 2.78. The van der Waals surface area contributed by atoms with Crippen LogP contribution in [0.5, 0.6) is 0 Å². The minimum Gasteiger partial charge on any atom is -0.394 e. The van der Waals surface area contributed by atoms with Crippen LogP contribution in [0.25, 0.3) is 0 Å². The average Bonchev–Trinajstić information content (AvgIpc) is 2.55. The van der Waals surface area contributed by atoms with Crippen molar-refractivity contribution in [1.29, 1.82) is 0 Å². The summed E-state index contributed by atoms with van der Waals surface area (Å²) in [5.74, 6) is 0. The monoisotopic (exact) mass is 340 g/mol. The van der Waals surface area contributed by atoms with E-state index in [1.165, 1.54) is 6.92 Å². The largest absolute Gasteiger partial charge is 0.394 e. The highest BCUT2D eigenvalue weighted by Gasteiger charge is 2.49. The Bertz CT molecular complexity index is 378. The molecular weight excluding hydrogens is 316 g/mol. The smallest absolute Gasteiger partial charge is 0.187 e. The van der Waals surface area contributed by atoms with Gasteiger partial charge in [0.1, 0.15) is 48.8 Å². The molecule has 2 fully saturated rings. The van der Waals surface area contributed by atoms with Crippen LogP contribution in [-0.2, 0) is 14.2 Å². The van der Waals surface area contributed by atoms with Crippen molar-refractivity contribution in [3.63, 3.8) is 0 Å². The fraction of sp³-hybridized carbons (Fsp3) is 1.00. The van der Waals surface area contributed by atoms with Gasteiger partial charge in [-0.2, -0.15) is 0 Å². The molecule has 2 heterocycles. The second-order valence-corrected chi connectivity index (χ2v) is 5.84. The van der Waals surface area contributed by atoms with Gasteiger partial charge in [0.2, 0.25) is 0 Å². The number of hydrogen-bond acceptors (Lipinski definition) is 10. The highest BCUT2D eigenvalue weighted by molar-refractivity contribution is 4.94. The molecule has 2 rings (SSSR count). The number of hydrogen-bond donors (Lipinski definition) is 7. The first kappa shape index (κ1) is 18.9. The van der Waals surface area contributed by atoms with Crippen molar-refractivity contribution in [3.8, 4) is 0 Å². The molecule has 0 aromatic carbocycles. The minimum absolute atomic E-state index is 0.518. The molecular formula is C13H24O10. The summed E-state index contributed by atoms with van der Waals surface area (Å²) in [4.78, 5) is 0. The minimum atomic E-state index is -1.66. The highest BCUT2D eigenvalue weighted by atomic mass is 16.7. The third-order valence-corrected chi connectivity index (χ3v) is 4.24. The highest BCUT2D eigenvalue weighted by Crippen LogP contribution is 2.28. The summed E-state index contributed by atoms with van der Waals surface area (Å²) in [6.45, 7) is 0.369. The lowest BCUT2D eigenvalue weighted by molar-refractivity contribution is -0.341. The summed E-state index contributed by atoms with van der Waals surface area (Å²) in [5, 5.41) is 67.8. The molecule has 10 heteroatoms. The molecule has 0 aliphatic carbocycles. The van der Waals surface area contributed by atoms with Gasteiger partial charge in [0.15, 0.2) is 6.29 Å². The van der Waals surface area contributed by atoms with E-state index < -0.39 is 74.4 Å². The van der Waals surface area contributed by atoms with Crippen molar-refractivity contribution in [3.05, 3.63) is 0 Å². The van der Waals surface area contributed by atoms with Crippen molar-refractivity contribution < 1.29 is 50.0 Å². The average molecular weight is 340 g/mol. The van der Waals surface area contributed by atoms with Crippen LogP contribution < -0.4 is 0 Å². The van der Waals surface area contributed by atoms with E-state index in [0.717, 1.165) is 0 Å². The third kappa shape index (κ3) is 3.66. The van der Waals surface area contributed by atoms with Crippen LogP contribution in [-0.4, -0.2) is 110 Å². The van der Waals surface area contributed by atoms with Crippen LogP contribution in [0.2, 0.25) is 0 Å². The Balaban J connectivity index is 2.11. The zero-order chi connectivity index (χ0) is 17.3. The summed E-state index contributed by atoms with van der Waals surface area (Å²) in [6, 6.07) is 0. The molecule has 5 unspecified atom stereocenters. The fourth-order valence-electron chi connectivity index (χ4n) is 2.78. The molecule has 10 nitrogen and oxygen atoms in total. The van der Waals surface area contributed by atoms with Crippen LogP contribution in [0.3, 0.4) is 0 Å². The van der Waals surface area contributed by atoms with Gasteiger partial charge >= 0.3 is 0 Å². The zero-order valence-corrected chi connectivity index (χ0v) is 12.5. The molecule has 2 aliphatic rings. The van der Waals surface area contributed by atoms with Gasteiger partial charge in [-0.15, -0.1) is 0 Å². The van der Waals surface area contributed by atoms with Gasteiger partial charge in [-0.05, 0) is 6.92 Å². The van der Waals surface area contributed by atoms with Gasteiger partial charge in [-0.1, -0.05) is 0 Å². The summed E-state index contributed by atoms with van der Waals surface area (Å²) in [6.07, 6.45) is -13.2. The number of aliphatic hydroxyl groups is 7. The Hall–Kier alpha value is -0.400. The molecule has 136 valence electrons. The van der Waals surface area contributed by atoms with E-state index >= 15 is 0 Å². The van der Waals surface area contributed by atoms with Crippen LogP contribution in [0, 0.1) is 0 Å². The second-order valence-electron chi connectivity index (χ2n) is 5.84. The quantitative estimate of drug-likeness (QED) is 0.265. The molecule has 0 spiro atoms. The Morgan fingerprint density at radius 3 is 1.91 bits per heavy atom. The van der Waals surface area contributed by atoms with Crippen molar-refractivity contribution >= 4 is 0 Å².